The predicted molar refractivity (Wildman–Crippen MR) is 131 cm³/mol. The van der Waals surface area contributed by atoms with Crippen molar-refractivity contribution < 1.29 is 4.79 Å². The Hall–Kier alpha value is -2.98. The van der Waals surface area contributed by atoms with Crippen LogP contribution >= 0.6 is 0 Å². The molecule has 0 saturated heterocycles. The van der Waals surface area contributed by atoms with Gasteiger partial charge in [-0.1, -0.05) is 20.3 Å². The Morgan fingerprint density at radius 1 is 1.34 bits per heavy atom. The van der Waals surface area contributed by atoms with Gasteiger partial charge in [0.15, 0.2) is 0 Å². The third kappa shape index (κ3) is 4.33. The van der Waals surface area contributed by atoms with Crippen LogP contribution in [0.1, 0.15) is 69.7 Å². The van der Waals surface area contributed by atoms with Gasteiger partial charge in [0.2, 0.25) is 5.95 Å². The molecule has 6 heteroatoms. The molecule has 168 valence electrons. The molecule has 1 unspecified atom stereocenters. The molecular weight excluding hydrogens is 398 g/mol. The van der Waals surface area contributed by atoms with Crippen LogP contribution in [0.4, 0.5) is 17.3 Å². The maximum atomic E-state index is 12.4. The van der Waals surface area contributed by atoms with Crippen LogP contribution in [0.15, 0.2) is 35.1 Å². The fourth-order valence-electron chi connectivity index (χ4n) is 4.57. The fraction of sp³-hybridized carbons (Fsp3) is 0.500. The Labute approximate surface area is 190 Å². The van der Waals surface area contributed by atoms with Crippen LogP contribution in [0, 0.1) is 12.8 Å². The van der Waals surface area contributed by atoms with E-state index in [9.17, 15) is 4.79 Å². The van der Waals surface area contributed by atoms with Gasteiger partial charge in [-0.05, 0) is 69.2 Å². The monoisotopic (exact) mass is 431 g/mol. The lowest BCUT2D eigenvalue weighted by Crippen LogP contribution is -2.43. The quantitative estimate of drug-likeness (QED) is 0.441. The second-order valence-corrected chi connectivity index (χ2v) is 9.20. The maximum absolute atomic E-state index is 12.4. The van der Waals surface area contributed by atoms with Gasteiger partial charge in [-0.15, -0.1) is 0 Å². The zero-order valence-electron chi connectivity index (χ0n) is 19.6. The molecule has 1 aromatic carbocycles. The summed E-state index contributed by atoms with van der Waals surface area (Å²) in [6.45, 7) is 9.86. The summed E-state index contributed by atoms with van der Waals surface area (Å²) in [5.74, 6) is 3.70. The predicted octanol–water partition coefficient (Wildman–Crippen LogP) is 5.51. The summed E-state index contributed by atoms with van der Waals surface area (Å²) in [4.78, 5) is 28.5. The number of benzene rings is 1. The molecule has 0 bridgehead atoms. The third-order valence-corrected chi connectivity index (χ3v) is 6.51. The lowest BCUT2D eigenvalue weighted by molar-refractivity contribution is 0.445. The molecule has 1 N–H and O–H groups in total. The van der Waals surface area contributed by atoms with Crippen molar-refractivity contribution in [3.05, 3.63) is 46.9 Å². The number of hydrogen-bond acceptors (Lipinski definition) is 6. The smallest absolute Gasteiger partial charge is 0.222 e. The van der Waals surface area contributed by atoms with Gasteiger partial charge in [-0.2, -0.15) is 0 Å². The number of nitrogens with zero attached hydrogens (tertiary/aromatic N) is 4. The second kappa shape index (κ2) is 9.25. The number of fused-ring (bicyclic) bond motifs is 1. The summed E-state index contributed by atoms with van der Waals surface area (Å²) < 4.78 is 0. The maximum Gasteiger partial charge on any atom is 0.222 e. The number of aliphatic imine (C=N–C) groups is 1. The number of aryl methyl sites for hydroxylation is 1. The summed E-state index contributed by atoms with van der Waals surface area (Å²) >= 11 is 0. The highest BCUT2D eigenvalue weighted by atomic mass is 16.1. The highest BCUT2D eigenvalue weighted by molar-refractivity contribution is 5.73. The van der Waals surface area contributed by atoms with E-state index in [-0.39, 0.29) is 0 Å². The first-order valence-corrected chi connectivity index (χ1v) is 11.8. The molecule has 1 aliphatic carbocycles. The van der Waals surface area contributed by atoms with E-state index in [1.807, 2.05) is 24.5 Å². The molecule has 2 aliphatic rings. The van der Waals surface area contributed by atoms with E-state index in [4.69, 9.17) is 4.98 Å². The van der Waals surface area contributed by atoms with Crippen molar-refractivity contribution in [2.45, 2.75) is 71.8 Å². The molecular formula is C26H33N5O. The molecule has 1 fully saturated rings. The van der Waals surface area contributed by atoms with Crippen LogP contribution in [0.25, 0.3) is 0 Å². The number of rotatable bonds is 8. The van der Waals surface area contributed by atoms with E-state index < -0.39 is 5.41 Å². The first-order chi connectivity index (χ1) is 15.5. The summed E-state index contributed by atoms with van der Waals surface area (Å²) in [7, 11) is 0. The molecule has 4 rings (SSSR count). The molecule has 32 heavy (non-hydrogen) atoms. The van der Waals surface area contributed by atoms with E-state index in [0.29, 0.717) is 18.2 Å². The lowest BCUT2D eigenvalue weighted by Gasteiger charge is -2.42. The molecule has 6 nitrogen and oxygen atoms in total. The number of hydrogen-bond donors (Lipinski definition) is 1. The standard InChI is InChI=1S/C26H33N5O/c1-5-11-26(4)23(17-32)31(21-9-10-22(18(3)13-21)27-12-6-2)16-20-15-29-25(30-24(20)26)28-14-19-7-8-19/h9-10,12-13,15,19H,5-8,11,14,16H2,1-4H3,(H,28,29,30). The largest absolute Gasteiger partial charge is 0.354 e. The minimum atomic E-state index is -0.518. The second-order valence-electron chi connectivity index (χ2n) is 9.20. The highest BCUT2D eigenvalue weighted by Crippen LogP contribution is 2.45. The molecule has 1 saturated carbocycles. The first kappa shape index (κ1) is 22.2. The number of aromatic nitrogens is 2. The summed E-state index contributed by atoms with van der Waals surface area (Å²) in [5, 5.41) is 3.39. The number of anilines is 2. The summed E-state index contributed by atoms with van der Waals surface area (Å²) in [6.07, 6.45) is 9.05. The van der Waals surface area contributed by atoms with Crippen molar-refractivity contribution in [1.29, 1.82) is 0 Å². The van der Waals surface area contributed by atoms with Gasteiger partial charge in [-0.25, -0.2) is 14.8 Å². The van der Waals surface area contributed by atoms with Crippen LogP contribution in [-0.4, -0.2) is 28.7 Å². The summed E-state index contributed by atoms with van der Waals surface area (Å²) in [6, 6.07) is 6.16. The SMILES string of the molecule is CCC=Nc1ccc(N2Cc3cnc(NCC4CC4)nc3C(C)(CCC)C2=C=O)cc1C. The van der Waals surface area contributed by atoms with Gasteiger partial charge in [0.25, 0.3) is 0 Å². The van der Waals surface area contributed by atoms with Crippen molar-refractivity contribution in [2.75, 3.05) is 16.8 Å². The Balaban J connectivity index is 1.73. The zero-order chi connectivity index (χ0) is 22.7. The van der Waals surface area contributed by atoms with Crippen molar-refractivity contribution in [3.63, 3.8) is 0 Å². The molecule has 1 aromatic heterocycles. The molecule has 0 spiro atoms. The van der Waals surface area contributed by atoms with E-state index in [2.05, 4.69) is 59.9 Å². The molecule has 1 atom stereocenters. The Morgan fingerprint density at radius 2 is 2.16 bits per heavy atom. The van der Waals surface area contributed by atoms with Crippen LogP contribution in [0.2, 0.25) is 0 Å². The average molecular weight is 432 g/mol. The molecule has 0 radical (unpaired) electrons. The molecule has 2 aromatic rings. The van der Waals surface area contributed by atoms with Gasteiger partial charge in [-0.3, -0.25) is 4.99 Å². The first-order valence-electron chi connectivity index (χ1n) is 11.8. The van der Waals surface area contributed by atoms with Gasteiger partial charge >= 0.3 is 0 Å². The van der Waals surface area contributed by atoms with Gasteiger partial charge in [0, 0.05) is 30.2 Å². The molecule has 2 heterocycles. The van der Waals surface area contributed by atoms with E-state index in [1.165, 1.54) is 12.8 Å². The third-order valence-electron chi connectivity index (χ3n) is 6.51. The Morgan fingerprint density at radius 3 is 2.81 bits per heavy atom. The Bertz CT molecular complexity index is 1070. The fourth-order valence-corrected chi connectivity index (χ4v) is 4.57. The Kier molecular flexibility index (Phi) is 6.43. The minimum Gasteiger partial charge on any atom is -0.354 e. The molecule has 1 aliphatic heterocycles. The number of allylic oxidation sites excluding steroid dienone is 1. The van der Waals surface area contributed by atoms with Gasteiger partial charge in [0.1, 0.15) is 11.6 Å². The van der Waals surface area contributed by atoms with Crippen LogP contribution < -0.4 is 10.2 Å². The van der Waals surface area contributed by atoms with Crippen molar-refractivity contribution >= 4 is 29.5 Å². The summed E-state index contributed by atoms with van der Waals surface area (Å²) in [5.41, 5.74) is 5.14. The average Bonchev–Trinajstić information content (AvgIpc) is 3.61. The van der Waals surface area contributed by atoms with Crippen LogP contribution in [-0.2, 0) is 16.8 Å². The van der Waals surface area contributed by atoms with Gasteiger partial charge < -0.3 is 10.2 Å². The highest BCUT2D eigenvalue weighted by Gasteiger charge is 2.43. The van der Waals surface area contributed by atoms with E-state index in [1.54, 1.807) is 0 Å². The zero-order valence-corrected chi connectivity index (χ0v) is 19.6. The lowest BCUT2D eigenvalue weighted by atomic mass is 9.74. The van der Waals surface area contributed by atoms with Crippen molar-refractivity contribution in [1.82, 2.24) is 9.97 Å². The number of nitrogens with one attached hydrogen (secondary N) is 1. The van der Waals surface area contributed by atoms with Crippen molar-refractivity contribution in [3.8, 4) is 0 Å². The van der Waals surface area contributed by atoms with Crippen LogP contribution in [0.5, 0.6) is 0 Å². The van der Waals surface area contributed by atoms with E-state index >= 15 is 0 Å². The molecule has 0 amide bonds. The number of carbonyl (C=O) groups excluding carboxylic acids is 1. The normalized spacial score (nSPS) is 20.4. The minimum absolute atomic E-state index is 0.518. The van der Waals surface area contributed by atoms with Gasteiger partial charge in [0.05, 0.1) is 23.3 Å². The van der Waals surface area contributed by atoms with Crippen molar-refractivity contribution in [2.24, 2.45) is 10.9 Å². The van der Waals surface area contributed by atoms with E-state index in [0.717, 1.165) is 59.9 Å². The topological polar surface area (TPSA) is 70.5 Å². The van der Waals surface area contributed by atoms with Crippen LogP contribution in [0.3, 0.4) is 0 Å².